The second kappa shape index (κ2) is 9.82. The average Bonchev–Trinajstić information content (AvgIpc) is 2.74. The largest absolute Gasteiger partial charge is 0.491 e. The van der Waals surface area contributed by atoms with Gasteiger partial charge < -0.3 is 10.1 Å². The third-order valence-corrected chi connectivity index (χ3v) is 6.22. The standard InChI is InChI=1S/C24H25FN2O4S/c1-16-8-11-23(18(3)14-16)31-13-12-26-24(28)20-15-19(10-9-17(20)2)32(29,30)27-22-7-5-4-6-21(22)25/h4-11,14-15,27H,12-13H2,1-3H3,(H,26,28). The Labute approximate surface area is 187 Å². The zero-order valence-corrected chi connectivity index (χ0v) is 18.9. The molecule has 6 nitrogen and oxygen atoms in total. The maximum absolute atomic E-state index is 13.8. The van der Waals surface area contributed by atoms with Crippen molar-refractivity contribution >= 4 is 21.6 Å². The van der Waals surface area contributed by atoms with Gasteiger partial charge in [-0.3, -0.25) is 9.52 Å². The number of hydrogen-bond donors (Lipinski definition) is 2. The van der Waals surface area contributed by atoms with E-state index in [4.69, 9.17) is 4.74 Å². The van der Waals surface area contributed by atoms with Crippen LogP contribution in [0.4, 0.5) is 10.1 Å². The van der Waals surface area contributed by atoms with Gasteiger partial charge in [-0.1, -0.05) is 35.9 Å². The molecule has 0 unspecified atom stereocenters. The van der Waals surface area contributed by atoms with Crippen molar-refractivity contribution in [3.8, 4) is 5.75 Å². The normalized spacial score (nSPS) is 11.1. The van der Waals surface area contributed by atoms with Crippen LogP contribution in [0.15, 0.2) is 65.6 Å². The molecule has 0 aliphatic carbocycles. The van der Waals surface area contributed by atoms with Crippen molar-refractivity contribution in [2.24, 2.45) is 0 Å². The summed E-state index contributed by atoms with van der Waals surface area (Å²) < 4.78 is 47.1. The van der Waals surface area contributed by atoms with Gasteiger partial charge in [0.25, 0.3) is 15.9 Å². The maximum Gasteiger partial charge on any atom is 0.262 e. The third kappa shape index (κ3) is 5.64. The van der Waals surface area contributed by atoms with Crippen molar-refractivity contribution in [1.82, 2.24) is 5.32 Å². The van der Waals surface area contributed by atoms with Crippen molar-refractivity contribution in [1.29, 1.82) is 0 Å². The molecule has 0 aliphatic rings. The van der Waals surface area contributed by atoms with E-state index in [9.17, 15) is 17.6 Å². The topological polar surface area (TPSA) is 84.5 Å². The highest BCUT2D eigenvalue weighted by Crippen LogP contribution is 2.21. The number of nitrogens with one attached hydrogen (secondary N) is 2. The van der Waals surface area contributed by atoms with E-state index in [1.807, 2.05) is 32.0 Å². The van der Waals surface area contributed by atoms with Crippen LogP contribution in [0.3, 0.4) is 0 Å². The average molecular weight is 457 g/mol. The molecule has 0 aliphatic heterocycles. The molecule has 32 heavy (non-hydrogen) atoms. The summed E-state index contributed by atoms with van der Waals surface area (Å²) >= 11 is 0. The van der Waals surface area contributed by atoms with Gasteiger partial charge >= 0.3 is 0 Å². The van der Waals surface area contributed by atoms with E-state index in [1.165, 1.54) is 36.4 Å². The van der Waals surface area contributed by atoms with Crippen LogP contribution in [0.1, 0.15) is 27.0 Å². The van der Waals surface area contributed by atoms with E-state index in [2.05, 4.69) is 10.0 Å². The fourth-order valence-corrected chi connectivity index (χ4v) is 4.24. The summed E-state index contributed by atoms with van der Waals surface area (Å²) in [6, 6.07) is 15.5. The van der Waals surface area contributed by atoms with E-state index in [0.29, 0.717) is 5.56 Å². The van der Waals surface area contributed by atoms with Crippen molar-refractivity contribution in [2.75, 3.05) is 17.9 Å². The minimum Gasteiger partial charge on any atom is -0.491 e. The van der Waals surface area contributed by atoms with E-state index in [0.717, 1.165) is 22.9 Å². The van der Waals surface area contributed by atoms with Crippen LogP contribution < -0.4 is 14.8 Å². The molecule has 0 radical (unpaired) electrons. The summed E-state index contributed by atoms with van der Waals surface area (Å²) in [6.45, 7) is 6.17. The van der Waals surface area contributed by atoms with Crippen LogP contribution in [0.5, 0.6) is 5.75 Å². The Bertz CT molecular complexity index is 1240. The Hall–Kier alpha value is -3.39. The van der Waals surface area contributed by atoms with Crippen LogP contribution in [-0.2, 0) is 10.0 Å². The van der Waals surface area contributed by atoms with Gasteiger partial charge in [0.15, 0.2) is 0 Å². The highest BCUT2D eigenvalue weighted by molar-refractivity contribution is 7.92. The van der Waals surface area contributed by atoms with Gasteiger partial charge in [0.2, 0.25) is 0 Å². The molecule has 0 atom stereocenters. The van der Waals surface area contributed by atoms with Crippen LogP contribution in [0.2, 0.25) is 0 Å². The summed E-state index contributed by atoms with van der Waals surface area (Å²) in [5.74, 6) is -0.368. The summed E-state index contributed by atoms with van der Waals surface area (Å²) in [6.07, 6.45) is 0. The Kier molecular flexibility index (Phi) is 7.15. The second-order valence-corrected chi connectivity index (χ2v) is 9.12. The van der Waals surface area contributed by atoms with Gasteiger partial charge in [0, 0.05) is 5.56 Å². The number of carbonyl (C=O) groups is 1. The third-order valence-electron chi connectivity index (χ3n) is 4.86. The maximum atomic E-state index is 13.8. The number of ether oxygens (including phenoxy) is 1. The highest BCUT2D eigenvalue weighted by Gasteiger charge is 2.19. The SMILES string of the molecule is Cc1ccc(OCCNC(=O)c2cc(S(=O)(=O)Nc3ccccc3F)ccc2C)c(C)c1. The first-order valence-electron chi connectivity index (χ1n) is 10.0. The van der Waals surface area contributed by atoms with Gasteiger partial charge in [0.05, 0.1) is 17.1 Å². The molecule has 0 aromatic heterocycles. The van der Waals surface area contributed by atoms with E-state index >= 15 is 0 Å². The van der Waals surface area contributed by atoms with Crippen LogP contribution in [0, 0.1) is 26.6 Å². The second-order valence-electron chi connectivity index (χ2n) is 7.44. The van der Waals surface area contributed by atoms with Crippen molar-refractivity contribution < 1.29 is 22.3 Å². The number of rotatable bonds is 8. The molecule has 8 heteroatoms. The molecule has 0 fully saturated rings. The lowest BCUT2D eigenvalue weighted by atomic mass is 10.1. The predicted octanol–water partition coefficient (Wildman–Crippen LogP) is 4.36. The number of anilines is 1. The van der Waals surface area contributed by atoms with Gasteiger partial charge in [-0.15, -0.1) is 0 Å². The predicted molar refractivity (Wildman–Crippen MR) is 122 cm³/mol. The smallest absolute Gasteiger partial charge is 0.262 e. The van der Waals surface area contributed by atoms with Gasteiger partial charge in [-0.05, 0) is 62.2 Å². The number of carbonyl (C=O) groups excluding carboxylic acids is 1. The molecular weight excluding hydrogens is 431 g/mol. The Morgan fingerprint density at radius 3 is 2.44 bits per heavy atom. The van der Waals surface area contributed by atoms with Gasteiger partial charge in [-0.25, -0.2) is 12.8 Å². The minimum atomic E-state index is -4.07. The fourth-order valence-electron chi connectivity index (χ4n) is 3.14. The molecule has 0 saturated heterocycles. The molecule has 0 spiro atoms. The molecule has 3 rings (SSSR count). The zero-order valence-electron chi connectivity index (χ0n) is 18.1. The molecule has 2 N–H and O–H groups in total. The van der Waals surface area contributed by atoms with Crippen molar-refractivity contribution in [3.63, 3.8) is 0 Å². The molecule has 0 heterocycles. The van der Waals surface area contributed by atoms with Crippen molar-refractivity contribution in [2.45, 2.75) is 25.7 Å². The Balaban J connectivity index is 1.66. The van der Waals surface area contributed by atoms with E-state index in [1.54, 1.807) is 6.92 Å². The number of sulfonamides is 1. The van der Waals surface area contributed by atoms with Crippen LogP contribution >= 0.6 is 0 Å². The summed E-state index contributed by atoms with van der Waals surface area (Å²) in [7, 11) is -4.07. The first kappa shape index (κ1) is 23.3. The Morgan fingerprint density at radius 2 is 1.72 bits per heavy atom. The quantitative estimate of drug-likeness (QED) is 0.493. The van der Waals surface area contributed by atoms with Gasteiger partial charge in [-0.2, -0.15) is 0 Å². The van der Waals surface area contributed by atoms with Gasteiger partial charge in [0.1, 0.15) is 18.2 Å². The van der Waals surface area contributed by atoms with E-state index < -0.39 is 21.7 Å². The van der Waals surface area contributed by atoms with Crippen molar-refractivity contribution in [3.05, 3.63) is 88.7 Å². The number of halogens is 1. The van der Waals surface area contributed by atoms with Crippen LogP contribution in [-0.4, -0.2) is 27.5 Å². The number of hydrogen-bond acceptors (Lipinski definition) is 4. The fraction of sp³-hybridized carbons (Fsp3) is 0.208. The number of amides is 1. The molecule has 3 aromatic carbocycles. The molecule has 0 saturated carbocycles. The number of aryl methyl sites for hydroxylation is 3. The first-order valence-corrected chi connectivity index (χ1v) is 11.5. The summed E-state index contributed by atoms with van der Waals surface area (Å²) in [5.41, 5.74) is 2.81. The highest BCUT2D eigenvalue weighted by atomic mass is 32.2. The lowest BCUT2D eigenvalue weighted by molar-refractivity contribution is 0.0946. The monoisotopic (exact) mass is 456 g/mol. The lowest BCUT2D eigenvalue weighted by Gasteiger charge is -2.13. The molecule has 168 valence electrons. The Morgan fingerprint density at radius 1 is 0.969 bits per heavy atom. The minimum absolute atomic E-state index is 0.136. The molecule has 3 aromatic rings. The number of para-hydroxylation sites is 1. The zero-order chi connectivity index (χ0) is 23.3. The molecule has 1 amide bonds. The number of benzene rings is 3. The molecule has 0 bridgehead atoms. The van der Waals surface area contributed by atoms with E-state index in [-0.39, 0.29) is 29.3 Å². The lowest BCUT2D eigenvalue weighted by Crippen LogP contribution is -2.29. The van der Waals surface area contributed by atoms with Crippen LogP contribution in [0.25, 0.3) is 0 Å². The first-order chi connectivity index (χ1) is 15.2. The summed E-state index contributed by atoms with van der Waals surface area (Å²) in [4.78, 5) is 12.5. The summed E-state index contributed by atoms with van der Waals surface area (Å²) in [5, 5.41) is 2.74. The molecular formula is C24H25FN2O4S.